The Morgan fingerprint density at radius 3 is 2.38 bits per heavy atom. The number of alkyl halides is 3. The highest BCUT2D eigenvalue weighted by Crippen LogP contribution is 2.29. The minimum Gasteiger partial charge on any atom is -0.497 e. The molecule has 0 spiro atoms. The van der Waals surface area contributed by atoms with E-state index in [-0.39, 0.29) is 6.04 Å². The lowest BCUT2D eigenvalue weighted by molar-refractivity contribution is -0.137. The Morgan fingerprint density at radius 1 is 1.04 bits per heavy atom. The number of aryl methyl sites for hydroxylation is 1. The molecule has 2 rings (SSSR count). The monoisotopic (exact) mass is 337 g/mol. The van der Waals surface area contributed by atoms with Crippen LogP contribution in [0.4, 0.5) is 13.2 Å². The molecule has 0 radical (unpaired) electrons. The van der Waals surface area contributed by atoms with Crippen molar-refractivity contribution >= 4 is 0 Å². The van der Waals surface area contributed by atoms with Crippen LogP contribution in [-0.2, 0) is 19.1 Å². The number of hydrogen-bond donors (Lipinski definition) is 1. The van der Waals surface area contributed by atoms with Gasteiger partial charge in [0, 0.05) is 12.6 Å². The molecule has 0 aliphatic rings. The van der Waals surface area contributed by atoms with Gasteiger partial charge >= 0.3 is 6.18 Å². The van der Waals surface area contributed by atoms with Crippen LogP contribution in [0.3, 0.4) is 0 Å². The van der Waals surface area contributed by atoms with Gasteiger partial charge in [-0.15, -0.1) is 0 Å². The summed E-state index contributed by atoms with van der Waals surface area (Å²) in [7, 11) is 1.63. The summed E-state index contributed by atoms with van der Waals surface area (Å²) in [6.07, 6.45) is -2.48. The predicted octanol–water partition coefficient (Wildman–Crippen LogP) is 4.82. The molecular weight excluding hydrogens is 315 g/mol. The first-order chi connectivity index (χ1) is 11.4. The fraction of sp³-hybridized carbons (Fsp3) is 0.368. The number of hydrogen-bond acceptors (Lipinski definition) is 2. The van der Waals surface area contributed by atoms with E-state index in [1.807, 2.05) is 31.2 Å². The van der Waals surface area contributed by atoms with Gasteiger partial charge in [0.05, 0.1) is 12.7 Å². The zero-order valence-corrected chi connectivity index (χ0v) is 13.9. The SMILES string of the molecule is COc1ccc(CC[C@H](C)NCc2cccc(C(F)(F)F)c2)cc1. The molecule has 24 heavy (non-hydrogen) atoms. The molecule has 0 heterocycles. The molecule has 2 nitrogen and oxygen atoms in total. The van der Waals surface area contributed by atoms with Crippen LogP contribution in [0.5, 0.6) is 5.75 Å². The average Bonchev–Trinajstić information content (AvgIpc) is 2.58. The molecule has 1 atom stereocenters. The van der Waals surface area contributed by atoms with E-state index < -0.39 is 11.7 Å². The predicted molar refractivity (Wildman–Crippen MR) is 89.1 cm³/mol. The van der Waals surface area contributed by atoms with Gasteiger partial charge < -0.3 is 10.1 Å². The zero-order chi connectivity index (χ0) is 17.6. The molecule has 0 saturated carbocycles. The van der Waals surface area contributed by atoms with Crippen molar-refractivity contribution in [2.45, 2.75) is 38.5 Å². The summed E-state index contributed by atoms with van der Waals surface area (Å²) in [6, 6.07) is 13.6. The van der Waals surface area contributed by atoms with Crippen LogP contribution >= 0.6 is 0 Å². The van der Waals surface area contributed by atoms with E-state index in [0.29, 0.717) is 12.1 Å². The summed E-state index contributed by atoms with van der Waals surface area (Å²) in [5.74, 6) is 0.828. The van der Waals surface area contributed by atoms with Crippen LogP contribution in [0, 0.1) is 0 Å². The molecule has 130 valence electrons. The third-order valence-corrected chi connectivity index (χ3v) is 3.93. The Labute approximate surface area is 140 Å². The van der Waals surface area contributed by atoms with Crippen molar-refractivity contribution in [3.63, 3.8) is 0 Å². The highest BCUT2D eigenvalue weighted by molar-refractivity contribution is 5.27. The lowest BCUT2D eigenvalue weighted by Crippen LogP contribution is -2.26. The molecule has 2 aromatic carbocycles. The maximum absolute atomic E-state index is 12.7. The minimum atomic E-state index is -4.30. The van der Waals surface area contributed by atoms with Crippen LogP contribution in [0.2, 0.25) is 0 Å². The molecule has 0 bridgehead atoms. The van der Waals surface area contributed by atoms with Crippen molar-refractivity contribution in [2.24, 2.45) is 0 Å². The number of nitrogens with one attached hydrogen (secondary N) is 1. The Morgan fingerprint density at radius 2 is 1.75 bits per heavy atom. The van der Waals surface area contributed by atoms with Crippen molar-refractivity contribution in [2.75, 3.05) is 7.11 Å². The minimum absolute atomic E-state index is 0.210. The van der Waals surface area contributed by atoms with Crippen molar-refractivity contribution in [1.29, 1.82) is 0 Å². The number of benzene rings is 2. The van der Waals surface area contributed by atoms with Crippen molar-refractivity contribution in [1.82, 2.24) is 5.32 Å². The fourth-order valence-electron chi connectivity index (χ4n) is 2.43. The molecule has 0 aromatic heterocycles. The number of halogens is 3. The second kappa shape index (κ2) is 8.20. The number of methoxy groups -OCH3 is 1. The van der Waals surface area contributed by atoms with Gasteiger partial charge in [-0.1, -0.05) is 30.3 Å². The van der Waals surface area contributed by atoms with Crippen LogP contribution < -0.4 is 10.1 Å². The number of rotatable bonds is 7. The summed E-state index contributed by atoms with van der Waals surface area (Å²) < 4.78 is 43.2. The molecular formula is C19H22F3NO. The maximum Gasteiger partial charge on any atom is 0.416 e. The van der Waals surface area contributed by atoms with Crippen LogP contribution in [-0.4, -0.2) is 13.2 Å². The van der Waals surface area contributed by atoms with Crippen LogP contribution in [0.15, 0.2) is 48.5 Å². The summed E-state index contributed by atoms with van der Waals surface area (Å²) in [5.41, 5.74) is 1.25. The highest BCUT2D eigenvalue weighted by Gasteiger charge is 2.30. The molecule has 2 aromatic rings. The smallest absolute Gasteiger partial charge is 0.416 e. The lowest BCUT2D eigenvalue weighted by atomic mass is 10.1. The standard InChI is InChI=1S/C19H22F3NO/c1-14(6-7-15-8-10-18(24-2)11-9-15)23-13-16-4-3-5-17(12-16)19(20,21)22/h3-5,8-12,14,23H,6-7,13H2,1-2H3/t14-/m0/s1. The second-order valence-corrected chi connectivity index (χ2v) is 5.87. The van der Waals surface area contributed by atoms with Gasteiger partial charge in [0.1, 0.15) is 5.75 Å². The first kappa shape index (κ1) is 18.3. The normalized spacial score (nSPS) is 12.9. The average molecular weight is 337 g/mol. The molecule has 0 aliphatic carbocycles. The van der Waals surface area contributed by atoms with Gasteiger partial charge in [-0.25, -0.2) is 0 Å². The lowest BCUT2D eigenvalue weighted by Gasteiger charge is -2.15. The topological polar surface area (TPSA) is 21.3 Å². The highest BCUT2D eigenvalue weighted by atomic mass is 19.4. The van der Waals surface area contributed by atoms with E-state index in [2.05, 4.69) is 5.32 Å². The Bertz CT molecular complexity index is 638. The fourth-order valence-corrected chi connectivity index (χ4v) is 2.43. The van der Waals surface area contributed by atoms with E-state index in [1.54, 1.807) is 13.2 Å². The zero-order valence-electron chi connectivity index (χ0n) is 13.9. The molecule has 5 heteroatoms. The van der Waals surface area contributed by atoms with E-state index in [0.717, 1.165) is 24.7 Å². The second-order valence-electron chi connectivity index (χ2n) is 5.87. The Kier molecular flexibility index (Phi) is 6.26. The molecule has 0 saturated heterocycles. The molecule has 0 unspecified atom stereocenters. The summed E-state index contributed by atoms with van der Waals surface area (Å²) in [4.78, 5) is 0. The molecule has 1 N–H and O–H groups in total. The quantitative estimate of drug-likeness (QED) is 0.782. The first-order valence-corrected chi connectivity index (χ1v) is 7.91. The van der Waals surface area contributed by atoms with Crippen molar-refractivity contribution < 1.29 is 17.9 Å². The van der Waals surface area contributed by atoms with Gasteiger partial charge in [0.15, 0.2) is 0 Å². The third-order valence-electron chi connectivity index (χ3n) is 3.93. The summed E-state index contributed by atoms with van der Waals surface area (Å²) >= 11 is 0. The molecule has 0 amide bonds. The van der Waals surface area contributed by atoms with E-state index >= 15 is 0 Å². The van der Waals surface area contributed by atoms with Gasteiger partial charge in [0.2, 0.25) is 0 Å². The van der Waals surface area contributed by atoms with E-state index in [4.69, 9.17) is 4.74 Å². The van der Waals surface area contributed by atoms with Gasteiger partial charge in [-0.05, 0) is 49.1 Å². The molecule has 0 aliphatic heterocycles. The number of ether oxygens (including phenoxy) is 1. The van der Waals surface area contributed by atoms with Gasteiger partial charge in [-0.3, -0.25) is 0 Å². The Balaban J connectivity index is 1.81. The third kappa shape index (κ3) is 5.57. The van der Waals surface area contributed by atoms with Gasteiger partial charge in [0.25, 0.3) is 0 Å². The van der Waals surface area contributed by atoms with Gasteiger partial charge in [-0.2, -0.15) is 13.2 Å². The maximum atomic E-state index is 12.7. The summed E-state index contributed by atoms with van der Waals surface area (Å²) in [6.45, 7) is 2.46. The first-order valence-electron chi connectivity index (χ1n) is 7.91. The Hall–Kier alpha value is -2.01. The van der Waals surface area contributed by atoms with E-state index in [1.165, 1.54) is 17.7 Å². The van der Waals surface area contributed by atoms with Crippen LogP contribution in [0.25, 0.3) is 0 Å². The van der Waals surface area contributed by atoms with Crippen molar-refractivity contribution in [3.05, 3.63) is 65.2 Å². The largest absolute Gasteiger partial charge is 0.497 e. The van der Waals surface area contributed by atoms with E-state index in [9.17, 15) is 13.2 Å². The summed E-state index contributed by atoms with van der Waals surface area (Å²) in [5, 5.41) is 3.28. The van der Waals surface area contributed by atoms with Crippen LogP contribution in [0.1, 0.15) is 30.0 Å². The van der Waals surface area contributed by atoms with Crippen molar-refractivity contribution in [3.8, 4) is 5.75 Å². The molecule has 0 fully saturated rings.